The lowest BCUT2D eigenvalue weighted by atomic mass is 9.89. The van der Waals surface area contributed by atoms with Crippen LogP contribution in [0.15, 0.2) is 0 Å². The fourth-order valence-electron chi connectivity index (χ4n) is 0.815. The van der Waals surface area contributed by atoms with Crippen LogP contribution in [0, 0.1) is 5.92 Å². The number of carbonyl (C=O) groups excluding carboxylic acids is 2. The monoisotopic (exact) mass is 167 g/mol. The molecule has 0 aliphatic heterocycles. The first-order valence-electron chi connectivity index (χ1n) is 4.09. The highest BCUT2D eigenvalue weighted by atomic mass is 16.2. The molecule has 0 bridgehead atoms. The quantitative estimate of drug-likeness (QED) is 0.598. The maximum absolute atomic E-state index is 11.2. The Labute approximate surface area is 74.3 Å². The van der Waals surface area contributed by atoms with E-state index in [0.29, 0.717) is 12.7 Å². The summed E-state index contributed by atoms with van der Waals surface area (Å²) in [6.45, 7) is 3.43. The van der Waals surface area contributed by atoms with Crippen molar-refractivity contribution >= 4 is 19.5 Å². The number of hydrogen-bond donors (Lipinski definition) is 1. The van der Waals surface area contributed by atoms with Gasteiger partial charge in [-0.25, -0.2) is 0 Å². The van der Waals surface area contributed by atoms with Crippen LogP contribution in [0.1, 0.15) is 20.3 Å². The minimum atomic E-state index is -0.163. The normalized spacial score (nSPS) is 12.2. The standard InChI is InChI=1S/C8H14BNO2/c1-3-7(4-9)8(12)10-5-6(2)11/h7H,3-5H2,1-2H3,(H,10,12). The van der Waals surface area contributed by atoms with Crippen molar-refractivity contribution in [3.8, 4) is 0 Å². The van der Waals surface area contributed by atoms with Crippen LogP contribution in [-0.4, -0.2) is 26.1 Å². The second kappa shape index (κ2) is 5.80. The van der Waals surface area contributed by atoms with E-state index in [4.69, 9.17) is 7.85 Å². The Morgan fingerprint density at radius 1 is 1.50 bits per heavy atom. The number of nitrogens with one attached hydrogen (secondary N) is 1. The van der Waals surface area contributed by atoms with E-state index in [2.05, 4.69) is 5.32 Å². The average molecular weight is 167 g/mol. The van der Waals surface area contributed by atoms with Gasteiger partial charge in [-0.1, -0.05) is 13.2 Å². The molecular weight excluding hydrogens is 153 g/mol. The van der Waals surface area contributed by atoms with Gasteiger partial charge in [-0.2, -0.15) is 0 Å². The van der Waals surface area contributed by atoms with E-state index in [1.165, 1.54) is 6.92 Å². The van der Waals surface area contributed by atoms with Crippen molar-refractivity contribution in [1.29, 1.82) is 0 Å². The fourth-order valence-corrected chi connectivity index (χ4v) is 0.815. The van der Waals surface area contributed by atoms with Gasteiger partial charge in [-0.15, -0.1) is 0 Å². The van der Waals surface area contributed by atoms with Gasteiger partial charge in [0.2, 0.25) is 5.91 Å². The molecule has 1 N–H and O–H groups in total. The highest BCUT2D eigenvalue weighted by Gasteiger charge is 2.12. The first-order valence-corrected chi connectivity index (χ1v) is 4.09. The molecule has 0 rings (SSSR count). The van der Waals surface area contributed by atoms with E-state index >= 15 is 0 Å². The third kappa shape index (κ3) is 4.16. The van der Waals surface area contributed by atoms with Crippen molar-refractivity contribution in [3.05, 3.63) is 0 Å². The molecule has 0 saturated heterocycles. The molecule has 4 heteroatoms. The smallest absolute Gasteiger partial charge is 0.222 e. The summed E-state index contributed by atoms with van der Waals surface area (Å²) in [5, 5.41) is 2.52. The Bertz CT molecular complexity index is 166. The molecule has 0 fully saturated rings. The minimum Gasteiger partial charge on any atom is -0.349 e. The van der Waals surface area contributed by atoms with Crippen LogP contribution in [0.25, 0.3) is 0 Å². The molecule has 1 amide bonds. The molecule has 0 aromatic rings. The maximum atomic E-state index is 11.2. The fraction of sp³-hybridized carbons (Fsp3) is 0.750. The molecule has 0 aliphatic rings. The van der Waals surface area contributed by atoms with Crippen molar-refractivity contribution in [2.75, 3.05) is 6.54 Å². The lowest BCUT2D eigenvalue weighted by Crippen LogP contribution is -2.33. The number of amides is 1. The van der Waals surface area contributed by atoms with Crippen LogP contribution in [0.3, 0.4) is 0 Å². The van der Waals surface area contributed by atoms with Crippen LogP contribution in [-0.2, 0) is 9.59 Å². The molecule has 0 aromatic heterocycles. The Hall–Kier alpha value is -0.795. The summed E-state index contributed by atoms with van der Waals surface area (Å²) in [5.41, 5.74) is 0. The average Bonchev–Trinajstić information content (AvgIpc) is 2.03. The first-order chi connectivity index (χ1) is 5.61. The topological polar surface area (TPSA) is 46.2 Å². The minimum absolute atomic E-state index is 0.0461. The summed E-state index contributed by atoms with van der Waals surface area (Å²) in [5.74, 6) is -0.338. The van der Waals surface area contributed by atoms with E-state index in [-0.39, 0.29) is 24.2 Å². The third-order valence-electron chi connectivity index (χ3n) is 1.66. The lowest BCUT2D eigenvalue weighted by molar-refractivity contribution is -0.127. The van der Waals surface area contributed by atoms with Gasteiger partial charge >= 0.3 is 0 Å². The summed E-state index contributed by atoms with van der Waals surface area (Å²) < 4.78 is 0. The Morgan fingerprint density at radius 3 is 2.42 bits per heavy atom. The number of rotatable bonds is 5. The van der Waals surface area contributed by atoms with Crippen LogP contribution >= 0.6 is 0 Å². The predicted molar refractivity (Wildman–Crippen MR) is 48.0 cm³/mol. The van der Waals surface area contributed by atoms with Crippen molar-refractivity contribution in [1.82, 2.24) is 5.32 Å². The van der Waals surface area contributed by atoms with E-state index in [1.54, 1.807) is 0 Å². The molecule has 0 aromatic carbocycles. The van der Waals surface area contributed by atoms with Gasteiger partial charge in [-0.3, -0.25) is 9.59 Å². The third-order valence-corrected chi connectivity index (χ3v) is 1.66. The van der Waals surface area contributed by atoms with Crippen LogP contribution in [0.2, 0.25) is 6.32 Å². The number of hydrogen-bond acceptors (Lipinski definition) is 2. The van der Waals surface area contributed by atoms with Gasteiger partial charge in [0.1, 0.15) is 5.78 Å². The predicted octanol–water partition coefficient (Wildman–Crippen LogP) is 0.305. The molecule has 0 heterocycles. The number of ketones is 1. The summed E-state index contributed by atoms with van der Waals surface area (Å²) in [6.07, 6.45) is 1.04. The highest BCUT2D eigenvalue weighted by Crippen LogP contribution is 2.05. The largest absolute Gasteiger partial charge is 0.349 e. The zero-order chi connectivity index (χ0) is 9.56. The van der Waals surface area contributed by atoms with E-state index < -0.39 is 0 Å². The van der Waals surface area contributed by atoms with Crippen LogP contribution in [0.5, 0.6) is 0 Å². The van der Waals surface area contributed by atoms with Crippen molar-refractivity contribution in [2.45, 2.75) is 26.6 Å². The second-order valence-electron chi connectivity index (χ2n) is 2.76. The van der Waals surface area contributed by atoms with Crippen LogP contribution < -0.4 is 5.32 Å². The zero-order valence-electron chi connectivity index (χ0n) is 7.59. The lowest BCUT2D eigenvalue weighted by Gasteiger charge is -2.11. The number of carbonyl (C=O) groups is 2. The van der Waals surface area contributed by atoms with Gasteiger partial charge in [0.05, 0.1) is 14.4 Å². The van der Waals surface area contributed by atoms with Gasteiger partial charge in [0.15, 0.2) is 0 Å². The Morgan fingerprint density at radius 2 is 2.08 bits per heavy atom. The molecule has 0 saturated carbocycles. The van der Waals surface area contributed by atoms with E-state index in [1.807, 2.05) is 6.92 Å². The highest BCUT2D eigenvalue weighted by molar-refractivity contribution is 6.10. The molecule has 0 aliphatic carbocycles. The molecule has 12 heavy (non-hydrogen) atoms. The summed E-state index contributed by atoms with van der Waals surface area (Å²) in [7, 11) is 5.34. The summed E-state index contributed by atoms with van der Waals surface area (Å²) in [4.78, 5) is 21.7. The van der Waals surface area contributed by atoms with Gasteiger partial charge in [0.25, 0.3) is 0 Å². The Kier molecular flexibility index (Phi) is 5.42. The van der Waals surface area contributed by atoms with Crippen molar-refractivity contribution < 1.29 is 9.59 Å². The van der Waals surface area contributed by atoms with Gasteiger partial charge in [-0.05, 0) is 13.3 Å². The molecule has 1 atom stereocenters. The molecular formula is C8H14BNO2. The molecule has 1 unspecified atom stereocenters. The SMILES string of the molecule is [B]CC(CC)C(=O)NCC(C)=O. The zero-order valence-corrected chi connectivity index (χ0v) is 7.59. The molecule has 0 spiro atoms. The molecule has 66 valence electrons. The summed E-state index contributed by atoms with van der Waals surface area (Å²) >= 11 is 0. The summed E-state index contributed by atoms with van der Waals surface area (Å²) in [6, 6.07) is 0. The Balaban J connectivity index is 3.77. The van der Waals surface area contributed by atoms with Gasteiger partial charge < -0.3 is 5.32 Å². The maximum Gasteiger partial charge on any atom is 0.222 e. The van der Waals surface area contributed by atoms with Gasteiger partial charge in [0, 0.05) is 5.92 Å². The molecule has 3 nitrogen and oxygen atoms in total. The first kappa shape index (κ1) is 11.2. The second-order valence-corrected chi connectivity index (χ2v) is 2.76. The molecule has 2 radical (unpaired) electrons. The van der Waals surface area contributed by atoms with Crippen molar-refractivity contribution in [2.24, 2.45) is 5.92 Å². The van der Waals surface area contributed by atoms with E-state index in [0.717, 1.165) is 0 Å². The number of Topliss-reactive ketones (excluding diaryl/α,β-unsaturated/α-hetero) is 1. The van der Waals surface area contributed by atoms with Crippen molar-refractivity contribution in [3.63, 3.8) is 0 Å². The van der Waals surface area contributed by atoms with E-state index in [9.17, 15) is 9.59 Å². The van der Waals surface area contributed by atoms with Crippen LogP contribution in [0.4, 0.5) is 0 Å².